The van der Waals surface area contributed by atoms with Gasteiger partial charge in [0.2, 0.25) is 6.79 Å². The Kier molecular flexibility index (Phi) is 11.9. The number of imide groups is 1. The lowest BCUT2D eigenvalue weighted by atomic mass is 10.0. The largest absolute Gasteiger partial charge is 0.496 e. The number of rotatable bonds is 9. The number of methoxy groups -OCH3 is 1. The number of hydrazine groups is 1. The Morgan fingerprint density at radius 3 is 1.96 bits per heavy atom. The first kappa shape index (κ1) is 37.1. The third-order valence-electron chi connectivity index (χ3n) is 7.11. The maximum atomic E-state index is 14.2. The molecule has 0 aliphatic heterocycles. The van der Waals surface area contributed by atoms with Gasteiger partial charge >= 0.3 is 18.2 Å². The molecule has 0 heterocycles. The van der Waals surface area contributed by atoms with Crippen LogP contribution >= 0.6 is 0 Å². The molecule has 3 rings (SSSR count). The number of alkyl carbamates (subject to hydrolysis) is 1. The zero-order valence-corrected chi connectivity index (χ0v) is 28.8. The van der Waals surface area contributed by atoms with Crippen LogP contribution < -0.4 is 10.1 Å². The number of carbonyl (C=O) groups is 5. The summed E-state index contributed by atoms with van der Waals surface area (Å²) >= 11 is 0. The summed E-state index contributed by atoms with van der Waals surface area (Å²) in [4.78, 5) is 67.3. The number of esters is 1. The number of nitrogens with zero attached hydrogens (tertiary/aromatic N) is 2. The minimum Gasteiger partial charge on any atom is -0.496 e. The lowest BCUT2D eigenvalue weighted by Gasteiger charge is -2.41. The first-order valence-electron chi connectivity index (χ1n) is 15.2. The summed E-state index contributed by atoms with van der Waals surface area (Å²) in [6.07, 6.45) is -2.15. The van der Waals surface area contributed by atoms with Crippen molar-refractivity contribution in [3.8, 4) is 5.75 Å². The van der Waals surface area contributed by atoms with E-state index in [-0.39, 0.29) is 17.7 Å². The van der Waals surface area contributed by atoms with E-state index in [2.05, 4.69) is 5.32 Å². The van der Waals surface area contributed by atoms with Gasteiger partial charge in [0.05, 0.1) is 12.6 Å². The van der Waals surface area contributed by atoms with Crippen molar-refractivity contribution in [1.29, 1.82) is 0 Å². The van der Waals surface area contributed by atoms with Crippen molar-refractivity contribution in [3.05, 3.63) is 100 Å². The smallest absolute Gasteiger partial charge is 0.439 e. The monoisotopic (exact) mass is 661 g/mol. The van der Waals surface area contributed by atoms with Crippen LogP contribution in [0.4, 0.5) is 9.59 Å². The van der Waals surface area contributed by atoms with E-state index in [1.54, 1.807) is 76.2 Å². The first-order valence-corrected chi connectivity index (χ1v) is 15.2. The van der Waals surface area contributed by atoms with Crippen LogP contribution in [-0.4, -0.2) is 65.0 Å². The van der Waals surface area contributed by atoms with E-state index in [9.17, 15) is 24.0 Å². The summed E-state index contributed by atoms with van der Waals surface area (Å²) in [5.74, 6) is -2.08. The summed E-state index contributed by atoms with van der Waals surface area (Å²) in [6, 6.07) is 18.9. The zero-order valence-electron chi connectivity index (χ0n) is 28.8. The van der Waals surface area contributed by atoms with E-state index in [4.69, 9.17) is 18.9 Å². The molecule has 0 atom stereocenters. The molecule has 0 spiro atoms. The summed E-state index contributed by atoms with van der Waals surface area (Å²) < 4.78 is 21.0. The highest BCUT2D eigenvalue weighted by Crippen LogP contribution is 2.28. The quantitative estimate of drug-likeness (QED) is 0.160. The Morgan fingerprint density at radius 2 is 1.38 bits per heavy atom. The number of ether oxygens (including phenoxy) is 4. The first-order chi connectivity index (χ1) is 22.5. The number of nitrogens with one attached hydrogen (secondary N) is 1. The van der Waals surface area contributed by atoms with Crippen LogP contribution in [0.5, 0.6) is 5.75 Å². The molecular formula is C36H43N3O9. The van der Waals surface area contributed by atoms with Crippen molar-refractivity contribution in [1.82, 2.24) is 15.3 Å². The predicted octanol–water partition coefficient (Wildman–Crippen LogP) is 6.26. The van der Waals surface area contributed by atoms with Crippen molar-refractivity contribution in [3.63, 3.8) is 0 Å². The normalized spacial score (nSPS) is 11.2. The molecule has 0 aliphatic carbocycles. The van der Waals surface area contributed by atoms with E-state index in [1.165, 1.54) is 27.0 Å². The number of hydrogen-bond acceptors (Lipinski definition) is 9. The molecule has 48 heavy (non-hydrogen) atoms. The second-order valence-electron chi connectivity index (χ2n) is 12.7. The van der Waals surface area contributed by atoms with Gasteiger partial charge in [0.1, 0.15) is 17.9 Å². The highest BCUT2D eigenvalue weighted by atomic mass is 16.7. The molecule has 4 amide bonds. The molecule has 0 aromatic heterocycles. The Balaban J connectivity index is 1.85. The van der Waals surface area contributed by atoms with Crippen LogP contribution in [0.2, 0.25) is 0 Å². The average molecular weight is 662 g/mol. The fourth-order valence-corrected chi connectivity index (χ4v) is 4.79. The molecule has 1 N–H and O–H groups in total. The third-order valence-corrected chi connectivity index (χ3v) is 7.11. The molecule has 0 radical (unpaired) electrons. The van der Waals surface area contributed by atoms with E-state index in [0.29, 0.717) is 16.3 Å². The van der Waals surface area contributed by atoms with Crippen LogP contribution in [0.3, 0.4) is 0 Å². The second-order valence-corrected chi connectivity index (χ2v) is 12.7. The van der Waals surface area contributed by atoms with Gasteiger partial charge in [-0.1, -0.05) is 53.6 Å². The van der Waals surface area contributed by atoms with Gasteiger partial charge in [-0.05, 0) is 85.2 Å². The molecule has 0 bridgehead atoms. The van der Waals surface area contributed by atoms with Crippen LogP contribution in [0.15, 0.2) is 66.7 Å². The Morgan fingerprint density at radius 1 is 0.750 bits per heavy atom. The minimum absolute atomic E-state index is 0.0167. The van der Waals surface area contributed by atoms with Crippen molar-refractivity contribution < 1.29 is 42.9 Å². The maximum absolute atomic E-state index is 14.2. The molecule has 256 valence electrons. The SMILES string of the molecule is COc1cccc(C(=O)N(C(=O)OCOC(=O)C(C)(C)NC(=O)OCc2ccccc2)N(C(=O)c2cc(C)cc(C)c2)C(C)(C)C)c1C. The van der Waals surface area contributed by atoms with E-state index >= 15 is 0 Å². The second kappa shape index (κ2) is 15.5. The maximum Gasteiger partial charge on any atom is 0.439 e. The number of hydrogen-bond donors (Lipinski definition) is 1. The van der Waals surface area contributed by atoms with Crippen molar-refractivity contribution in [2.24, 2.45) is 0 Å². The van der Waals surface area contributed by atoms with Gasteiger partial charge < -0.3 is 24.3 Å². The minimum atomic E-state index is -1.58. The summed E-state index contributed by atoms with van der Waals surface area (Å²) in [5, 5.41) is 4.03. The van der Waals surface area contributed by atoms with Crippen molar-refractivity contribution >= 4 is 30.0 Å². The summed E-state index contributed by atoms with van der Waals surface area (Å²) in [7, 11) is 1.45. The van der Waals surface area contributed by atoms with Gasteiger partial charge in [0.25, 0.3) is 11.8 Å². The van der Waals surface area contributed by atoms with Crippen LogP contribution in [-0.2, 0) is 25.6 Å². The number of carbonyl (C=O) groups excluding carboxylic acids is 5. The summed E-state index contributed by atoms with van der Waals surface area (Å²) in [6.45, 7) is 12.1. The zero-order chi connectivity index (χ0) is 35.8. The fourth-order valence-electron chi connectivity index (χ4n) is 4.79. The fraction of sp³-hybridized carbons (Fsp3) is 0.361. The van der Waals surface area contributed by atoms with Gasteiger partial charge in [-0.15, -0.1) is 5.01 Å². The third kappa shape index (κ3) is 9.34. The highest BCUT2D eigenvalue weighted by molar-refractivity contribution is 6.07. The van der Waals surface area contributed by atoms with Gasteiger partial charge in [0.15, 0.2) is 0 Å². The van der Waals surface area contributed by atoms with Crippen molar-refractivity contribution in [2.75, 3.05) is 13.9 Å². The lowest BCUT2D eigenvalue weighted by Crippen LogP contribution is -2.60. The number of amides is 4. The highest BCUT2D eigenvalue weighted by Gasteiger charge is 2.42. The number of benzene rings is 3. The van der Waals surface area contributed by atoms with E-state index in [0.717, 1.165) is 21.7 Å². The van der Waals surface area contributed by atoms with Crippen LogP contribution in [0.1, 0.15) is 77.6 Å². The topological polar surface area (TPSA) is 141 Å². The molecule has 3 aromatic carbocycles. The van der Waals surface area contributed by atoms with E-state index in [1.807, 2.05) is 26.0 Å². The molecule has 0 fully saturated rings. The number of aryl methyl sites for hydroxylation is 2. The van der Waals surface area contributed by atoms with Crippen LogP contribution in [0.25, 0.3) is 0 Å². The Bertz CT molecular complexity index is 1640. The van der Waals surface area contributed by atoms with Gasteiger partial charge in [-0.25, -0.2) is 19.4 Å². The molecule has 0 aliphatic rings. The Hall–Kier alpha value is -5.39. The lowest BCUT2D eigenvalue weighted by molar-refractivity contribution is -0.159. The standard InChI is InChI=1S/C36H43N3O9/c1-23-18-24(2)20-27(19-23)30(40)39(35(4,5)6)38(31(41)28-16-13-17-29(45-9)25(28)3)34(44)48-22-47-32(42)36(7,8)37-33(43)46-21-26-14-11-10-12-15-26/h10-20H,21-22H2,1-9H3,(H,37,43). The van der Waals surface area contributed by atoms with Gasteiger partial charge in [0, 0.05) is 16.7 Å². The molecular weight excluding hydrogens is 618 g/mol. The van der Waals surface area contributed by atoms with Crippen LogP contribution in [0, 0.1) is 20.8 Å². The molecule has 12 nitrogen and oxygen atoms in total. The molecule has 0 unspecified atom stereocenters. The predicted molar refractivity (Wildman–Crippen MR) is 177 cm³/mol. The summed E-state index contributed by atoms with van der Waals surface area (Å²) in [5.41, 5.74) is 0.408. The molecule has 0 saturated heterocycles. The molecule has 0 saturated carbocycles. The van der Waals surface area contributed by atoms with Gasteiger partial charge in [-0.3, -0.25) is 9.59 Å². The molecule has 3 aromatic rings. The van der Waals surface area contributed by atoms with E-state index < -0.39 is 47.8 Å². The van der Waals surface area contributed by atoms with Gasteiger partial charge in [-0.2, -0.15) is 0 Å². The van der Waals surface area contributed by atoms with Crippen molar-refractivity contribution in [2.45, 2.75) is 73.1 Å². The Labute approximate surface area is 280 Å². The molecule has 12 heteroatoms. The average Bonchev–Trinajstić information content (AvgIpc) is 3.01.